The standard InChI is InChI=1S/C12H7ClN2O2/c13-12-14-9-4-3-7(16)6-8(9)11(15-12)10-2-1-5-17-10/h1-6,16H. The van der Waals surface area contributed by atoms with Gasteiger partial charge in [-0.2, -0.15) is 0 Å². The molecule has 5 heteroatoms. The quantitative estimate of drug-likeness (QED) is 0.670. The largest absolute Gasteiger partial charge is 0.508 e. The van der Waals surface area contributed by atoms with Gasteiger partial charge in [-0.05, 0) is 41.9 Å². The molecule has 0 amide bonds. The van der Waals surface area contributed by atoms with Crippen molar-refractivity contribution in [1.82, 2.24) is 9.97 Å². The molecule has 0 aliphatic rings. The molecular weight excluding hydrogens is 240 g/mol. The number of aromatic nitrogens is 2. The zero-order valence-corrected chi connectivity index (χ0v) is 9.35. The third kappa shape index (κ3) is 1.72. The number of phenols is 1. The topological polar surface area (TPSA) is 59.2 Å². The Morgan fingerprint density at radius 2 is 2.06 bits per heavy atom. The molecule has 0 saturated carbocycles. The highest BCUT2D eigenvalue weighted by molar-refractivity contribution is 6.28. The molecule has 0 fully saturated rings. The molecule has 2 heterocycles. The molecular formula is C12H7ClN2O2. The van der Waals surface area contributed by atoms with Crippen LogP contribution >= 0.6 is 11.6 Å². The van der Waals surface area contributed by atoms with Crippen LogP contribution in [0.1, 0.15) is 0 Å². The van der Waals surface area contributed by atoms with E-state index in [4.69, 9.17) is 16.0 Å². The van der Waals surface area contributed by atoms with E-state index >= 15 is 0 Å². The van der Waals surface area contributed by atoms with E-state index in [0.29, 0.717) is 22.4 Å². The van der Waals surface area contributed by atoms with Crippen molar-refractivity contribution in [3.05, 3.63) is 41.9 Å². The second-order valence-electron chi connectivity index (χ2n) is 3.52. The van der Waals surface area contributed by atoms with Gasteiger partial charge in [0.05, 0.1) is 11.8 Å². The lowest BCUT2D eigenvalue weighted by molar-refractivity contribution is 0.476. The summed E-state index contributed by atoms with van der Waals surface area (Å²) in [5.41, 5.74) is 1.23. The van der Waals surface area contributed by atoms with Crippen LogP contribution in [0.25, 0.3) is 22.4 Å². The minimum Gasteiger partial charge on any atom is -0.508 e. The van der Waals surface area contributed by atoms with Crippen molar-refractivity contribution in [2.45, 2.75) is 0 Å². The molecule has 0 aliphatic carbocycles. The number of nitrogens with zero attached hydrogens (tertiary/aromatic N) is 2. The summed E-state index contributed by atoms with van der Waals surface area (Å²) >= 11 is 5.85. The van der Waals surface area contributed by atoms with Gasteiger partial charge in [0.25, 0.3) is 0 Å². The highest BCUT2D eigenvalue weighted by Crippen LogP contribution is 2.29. The van der Waals surface area contributed by atoms with E-state index < -0.39 is 0 Å². The van der Waals surface area contributed by atoms with Gasteiger partial charge < -0.3 is 9.52 Å². The smallest absolute Gasteiger partial charge is 0.223 e. The van der Waals surface area contributed by atoms with E-state index in [0.717, 1.165) is 0 Å². The first-order chi connectivity index (χ1) is 8.24. The number of halogens is 1. The Morgan fingerprint density at radius 1 is 1.18 bits per heavy atom. The SMILES string of the molecule is Oc1ccc2nc(Cl)nc(-c3ccco3)c2c1. The molecule has 0 aliphatic heterocycles. The summed E-state index contributed by atoms with van der Waals surface area (Å²) in [5, 5.41) is 10.3. The van der Waals surface area contributed by atoms with Crippen LogP contribution in [0.3, 0.4) is 0 Å². The fraction of sp³-hybridized carbons (Fsp3) is 0. The number of aromatic hydroxyl groups is 1. The van der Waals surface area contributed by atoms with E-state index in [-0.39, 0.29) is 11.0 Å². The zero-order chi connectivity index (χ0) is 11.8. The van der Waals surface area contributed by atoms with Crippen LogP contribution in [-0.2, 0) is 0 Å². The Morgan fingerprint density at radius 3 is 2.82 bits per heavy atom. The highest BCUT2D eigenvalue weighted by Gasteiger charge is 2.11. The van der Waals surface area contributed by atoms with Gasteiger partial charge >= 0.3 is 0 Å². The first kappa shape index (κ1) is 10.1. The summed E-state index contributed by atoms with van der Waals surface area (Å²) in [5.74, 6) is 0.737. The van der Waals surface area contributed by atoms with Gasteiger partial charge in [-0.3, -0.25) is 0 Å². The fourth-order valence-corrected chi connectivity index (χ4v) is 1.86. The van der Waals surface area contributed by atoms with Crippen molar-refractivity contribution in [2.75, 3.05) is 0 Å². The summed E-state index contributed by atoms with van der Waals surface area (Å²) in [6.07, 6.45) is 1.56. The van der Waals surface area contributed by atoms with Crippen LogP contribution in [0.5, 0.6) is 5.75 Å². The molecule has 0 bridgehead atoms. The molecule has 1 aromatic carbocycles. The Balaban J connectivity index is 2.39. The van der Waals surface area contributed by atoms with Crippen LogP contribution in [0.4, 0.5) is 0 Å². The Kier molecular flexibility index (Phi) is 2.23. The van der Waals surface area contributed by atoms with Crippen molar-refractivity contribution < 1.29 is 9.52 Å². The molecule has 3 aromatic rings. The Hall–Kier alpha value is -2.07. The van der Waals surface area contributed by atoms with Crippen LogP contribution in [-0.4, -0.2) is 15.1 Å². The minimum absolute atomic E-state index is 0.148. The van der Waals surface area contributed by atoms with Crippen LogP contribution in [0.2, 0.25) is 5.28 Å². The van der Waals surface area contributed by atoms with Crippen molar-refractivity contribution in [1.29, 1.82) is 0 Å². The third-order valence-electron chi connectivity index (χ3n) is 2.41. The van der Waals surface area contributed by atoms with E-state index in [1.807, 2.05) is 0 Å². The number of hydrogen-bond acceptors (Lipinski definition) is 4. The summed E-state index contributed by atoms with van der Waals surface area (Å²) in [6.45, 7) is 0. The van der Waals surface area contributed by atoms with Gasteiger partial charge in [-0.25, -0.2) is 9.97 Å². The van der Waals surface area contributed by atoms with Crippen molar-refractivity contribution in [3.63, 3.8) is 0 Å². The summed E-state index contributed by atoms with van der Waals surface area (Å²) in [4.78, 5) is 8.22. The first-order valence-corrected chi connectivity index (χ1v) is 5.32. The molecule has 0 atom stereocenters. The lowest BCUT2D eigenvalue weighted by Gasteiger charge is -2.04. The zero-order valence-electron chi connectivity index (χ0n) is 8.59. The predicted octanol–water partition coefficient (Wildman–Crippen LogP) is 3.25. The highest BCUT2D eigenvalue weighted by atomic mass is 35.5. The first-order valence-electron chi connectivity index (χ1n) is 4.94. The van der Waals surface area contributed by atoms with Crippen LogP contribution in [0, 0.1) is 0 Å². The monoisotopic (exact) mass is 246 g/mol. The van der Waals surface area contributed by atoms with Crippen molar-refractivity contribution in [3.8, 4) is 17.2 Å². The third-order valence-corrected chi connectivity index (χ3v) is 2.58. The number of phenolic OH excluding ortho intramolecular Hbond substituents is 1. The molecule has 0 saturated heterocycles. The second kappa shape index (κ2) is 3.75. The molecule has 1 N–H and O–H groups in total. The summed E-state index contributed by atoms with van der Waals surface area (Å²) in [7, 11) is 0. The second-order valence-corrected chi connectivity index (χ2v) is 3.86. The maximum atomic E-state index is 9.50. The van der Waals surface area contributed by atoms with Gasteiger partial charge in [0.2, 0.25) is 5.28 Å². The van der Waals surface area contributed by atoms with Crippen molar-refractivity contribution in [2.24, 2.45) is 0 Å². The minimum atomic E-state index is 0.148. The molecule has 84 valence electrons. The summed E-state index contributed by atoms with van der Waals surface area (Å²) < 4.78 is 5.29. The molecule has 4 nitrogen and oxygen atoms in total. The average molecular weight is 247 g/mol. The predicted molar refractivity (Wildman–Crippen MR) is 63.9 cm³/mol. The maximum Gasteiger partial charge on any atom is 0.223 e. The number of rotatable bonds is 1. The van der Waals surface area contributed by atoms with E-state index in [1.165, 1.54) is 0 Å². The van der Waals surface area contributed by atoms with Gasteiger partial charge in [0.1, 0.15) is 11.4 Å². The summed E-state index contributed by atoms with van der Waals surface area (Å²) in [6, 6.07) is 8.37. The molecule has 0 radical (unpaired) electrons. The molecule has 2 aromatic heterocycles. The lowest BCUT2D eigenvalue weighted by Crippen LogP contribution is -1.90. The van der Waals surface area contributed by atoms with Gasteiger partial charge in [0, 0.05) is 5.39 Å². The Bertz CT molecular complexity index is 680. The molecule has 17 heavy (non-hydrogen) atoms. The van der Waals surface area contributed by atoms with Gasteiger partial charge in [0.15, 0.2) is 5.76 Å². The van der Waals surface area contributed by atoms with E-state index in [9.17, 15) is 5.11 Å². The number of benzene rings is 1. The van der Waals surface area contributed by atoms with Gasteiger partial charge in [-0.1, -0.05) is 0 Å². The molecule has 0 unspecified atom stereocenters. The van der Waals surface area contributed by atoms with Gasteiger partial charge in [-0.15, -0.1) is 0 Å². The van der Waals surface area contributed by atoms with Crippen molar-refractivity contribution >= 4 is 22.5 Å². The number of hydrogen-bond donors (Lipinski definition) is 1. The van der Waals surface area contributed by atoms with E-state index in [2.05, 4.69) is 9.97 Å². The molecule has 0 spiro atoms. The fourth-order valence-electron chi connectivity index (χ4n) is 1.69. The van der Waals surface area contributed by atoms with Crippen LogP contribution in [0.15, 0.2) is 41.0 Å². The normalized spacial score (nSPS) is 10.9. The number of furan rings is 1. The lowest BCUT2D eigenvalue weighted by atomic mass is 10.1. The molecule has 3 rings (SSSR count). The Labute approximate surface area is 102 Å². The average Bonchev–Trinajstić information content (AvgIpc) is 2.82. The van der Waals surface area contributed by atoms with Crippen LogP contribution < -0.4 is 0 Å². The maximum absolute atomic E-state index is 9.50. The number of fused-ring (bicyclic) bond motifs is 1. The van der Waals surface area contributed by atoms with E-state index in [1.54, 1.807) is 36.6 Å².